The summed E-state index contributed by atoms with van der Waals surface area (Å²) in [6, 6.07) is 15.5. The van der Waals surface area contributed by atoms with Crippen LogP contribution in [0.15, 0.2) is 48.7 Å². The van der Waals surface area contributed by atoms with Gasteiger partial charge in [0.15, 0.2) is 0 Å². The molecule has 2 aromatic heterocycles. The number of benzene rings is 1. The normalized spacial score (nSPS) is 10.3. The van der Waals surface area contributed by atoms with E-state index < -0.39 is 0 Å². The van der Waals surface area contributed by atoms with Gasteiger partial charge in [-0.1, -0.05) is 12.1 Å². The number of pyridine rings is 2. The maximum absolute atomic E-state index is 8.89. The smallest absolute Gasteiger partial charge is 0.0991 e. The van der Waals surface area contributed by atoms with E-state index in [-0.39, 0.29) is 0 Å². The summed E-state index contributed by atoms with van der Waals surface area (Å²) in [5.74, 6) is 0. The van der Waals surface area contributed by atoms with Crippen molar-refractivity contribution >= 4 is 10.9 Å². The molecule has 0 N–H and O–H groups in total. The van der Waals surface area contributed by atoms with Crippen LogP contribution in [-0.4, -0.2) is 9.97 Å². The third-order valence-corrected chi connectivity index (χ3v) is 3.07. The summed E-state index contributed by atoms with van der Waals surface area (Å²) < 4.78 is 0. The predicted molar refractivity (Wildman–Crippen MR) is 74.4 cm³/mol. The summed E-state index contributed by atoms with van der Waals surface area (Å²) in [6.07, 6.45) is 1.77. The average molecular weight is 245 g/mol. The second-order valence-electron chi connectivity index (χ2n) is 4.38. The minimum absolute atomic E-state index is 0.649. The van der Waals surface area contributed by atoms with Crippen molar-refractivity contribution in [1.29, 1.82) is 5.26 Å². The maximum Gasteiger partial charge on any atom is 0.0991 e. The summed E-state index contributed by atoms with van der Waals surface area (Å²) in [4.78, 5) is 8.98. The lowest BCUT2D eigenvalue weighted by Crippen LogP contribution is -1.91. The van der Waals surface area contributed by atoms with Crippen LogP contribution in [0.4, 0.5) is 0 Å². The van der Waals surface area contributed by atoms with Crippen LogP contribution in [0.3, 0.4) is 0 Å². The minimum atomic E-state index is 0.649. The van der Waals surface area contributed by atoms with E-state index in [1.807, 2.05) is 43.3 Å². The van der Waals surface area contributed by atoms with Crippen molar-refractivity contribution in [1.82, 2.24) is 9.97 Å². The van der Waals surface area contributed by atoms with Crippen molar-refractivity contribution in [3.05, 3.63) is 59.8 Å². The number of hydrogen-bond acceptors (Lipinski definition) is 3. The van der Waals surface area contributed by atoms with Gasteiger partial charge < -0.3 is 0 Å². The van der Waals surface area contributed by atoms with E-state index in [4.69, 9.17) is 5.26 Å². The van der Waals surface area contributed by atoms with Gasteiger partial charge in [-0.25, -0.2) is 4.98 Å². The zero-order valence-electron chi connectivity index (χ0n) is 10.5. The van der Waals surface area contributed by atoms with Gasteiger partial charge in [0.05, 0.1) is 28.5 Å². The average Bonchev–Trinajstić information content (AvgIpc) is 2.46. The van der Waals surface area contributed by atoms with Crippen LogP contribution < -0.4 is 0 Å². The number of hydrogen-bond donors (Lipinski definition) is 0. The third kappa shape index (κ3) is 2.04. The van der Waals surface area contributed by atoms with E-state index in [2.05, 4.69) is 16.0 Å². The van der Waals surface area contributed by atoms with E-state index in [1.165, 1.54) is 0 Å². The summed E-state index contributed by atoms with van der Waals surface area (Å²) >= 11 is 0. The van der Waals surface area contributed by atoms with Crippen LogP contribution >= 0.6 is 0 Å². The molecule has 0 saturated heterocycles. The first-order valence-electron chi connectivity index (χ1n) is 6.01. The minimum Gasteiger partial charge on any atom is -0.254 e. The highest BCUT2D eigenvalue weighted by molar-refractivity contribution is 5.82. The van der Waals surface area contributed by atoms with Gasteiger partial charge >= 0.3 is 0 Å². The second-order valence-corrected chi connectivity index (χ2v) is 4.38. The Labute approximate surface area is 111 Å². The molecule has 0 bridgehead atoms. The van der Waals surface area contributed by atoms with E-state index >= 15 is 0 Å². The van der Waals surface area contributed by atoms with Crippen molar-refractivity contribution < 1.29 is 0 Å². The highest BCUT2D eigenvalue weighted by Gasteiger charge is 2.05. The lowest BCUT2D eigenvalue weighted by atomic mass is 10.1. The molecule has 0 unspecified atom stereocenters. The SMILES string of the molecule is Cc1cccnc1-c1ccc2cc(C#N)ccc2n1. The zero-order chi connectivity index (χ0) is 13.2. The molecule has 0 fully saturated rings. The Bertz CT molecular complexity index is 800. The number of aromatic nitrogens is 2. The molecule has 0 aliphatic rings. The van der Waals surface area contributed by atoms with Gasteiger partial charge in [-0.15, -0.1) is 0 Å². The van der Waals surface area contributed by atoms with Gasteiger partial charge in [0, 0.05) is 11.6 Å². The van der Waals surface area contributed by atoms with Crippen LogP contribution in [0.1, 0.15) is 11.1 Å². The molecule has 1 aromatic carbocycles. The monoisotopic (exact) mass is 245 g/mol. The molecule has 3 nitrogen and oxygen atoms in total. The molecule has 0 aliphatic carbocycles. The van der Waals surface area contributed by atoms with Gasteiger partial charge in [-0.2, -0.15) is 5.26 Å². The van der Waals surface area contributed by atoms with E-state index in [9.17, 15) is 0 Å². The lowest BCUT2D eigenvalue weighted by molar-refractivity contribution is 1.23. The molecule has 0 aliphatic heterocycles. The molecule has 19 heavy (non-hydrogen) atoms. The topological polar surface area (TPSA) is 49.6 Å². The van der Waals surface area contributed by atoms with E-state index in [0.29, 0.717) is 5.56 Å². The third-order valence-electron chi connectivity index (χ3n) is 3.07. The van der Waals surface area contributed by atoms with Gasteiger partial charge in [0.25, 0.3) is 0 Å². The fourth-order valence-corrected chi connectivity index (χ4v) is 2.08. The summed E-state index contributed by atoms with van der Waals surface area (Å²) in [5.41, 5.74) is 4.38. The molecule has 3 rings (SSSR count). The second kappa shape index (κ2) is 4.51. The molecule has 0 atom stereocenters. The molecular formula is C16H11N3. The summed E-state index contributed by atoms with van der Waals surface area (Å²) in [6.45, 7) is 2.02. The maximum atomic E-state index is 8.89. The van der Waals surface area contributed by atoms with Crippen molar-refractivity contribution in [3.63, 3.8) is 0 Å². The number of nitrogens with zero attached hydrogens (tertiary/aromatic N) is 3. The molecular weight excluding hydrogens is 234 g/mol. The lowest BCUT2D eigenvalue weighted by Gasteiger charge is -2.05. The van der Waals surface area contributed by atoms with Crippen LogP contribution in [0.5, 0.6) is 0 Å². The van der Waals surface area contributed by atoms with Gasteiger partial charge in [-0.05, 0) is 42.8 Å². The summed E-state index contributed by atoms with van der Waals surface area (Å²) in [7, 11) is 0. The first kappa shape index (κ1) is 11.4. The Balaban J connectivity index is 2.18. The number of fused-ring (bicyclic) bond motifs is 1. The van der Waals surface area contributed by atoms with E-state index in [0.717, 1.165) is 27.9 Å². The Hall–Kier alpha value is -2.73. The Morgan fingerprint density at radius 2 is 2.00 bits per heavy atom. The van der Waals surface area contributed by atoms with Crippen molar-refractivity contribution in [2.75, 3.05) is 0 Å². The largest absolute Gasteiger partial charge is 0.254 e. The van der Waals surface area contributed by atoms with E-state index in [1.54, 1.807) is 12.3 Å². The molecule has 0 spiro atoms. The Morgan fingerprint density at radius 3 is 2.79 bits per heavy atom. The van der Waals surface area contributed by atoms with Crippen molar-refractivity contribution in [3.8, 4) is 17.5 Å². The van der Waals surface area contributed by atoms with Crippen LogP contribution in [-0.2, 0) is 0 Å². The molecule has 0 saturated carbocycles. The first-order valence-corrected chi connectivity index (χ1v) is 6.01. The predicted octanol–water partition coefficient (Wildman–Crippen LogP) is 3.48. The molecule has 3 heteroatoms. The highest BCUT2D eigenvalue weighted by Crippen LogP contribution is 2.22. The van der Waals surface area contributed by atoms with Gasteiger partial charge in [-0.3, -0.25) is 4.98 Å². The molecule has 0 amide bonds. The Morgan fingerprint density at radius 1 is 1.11 bits per heavy atom. The quantitative estimate of drug-likeness (QED) is 0.659. The van der Waals surface area contributed by atoms with Gasteiger partial charge in [0.1, 0.15) is 0 Å². The molecule has 0 radical (unpaired) electrons. The van der Waals surface area contributed by atoms with Crippen LogP contribution in [0.25, 0.3) is 22.3 Å². The van der Waals surface area contributed by atoms with Crippen LogP contribution in [0, 0.1) is 18.3 Å². The molecule has 2 heterocycles. The summed E-state index contributed by atoms with van der Waals surface area (Å²) in [5, 5.41) is 9.85. The zero-order valence-corrected chi connectivity index (χ0v) is 10.5. The van der Waals surface area contributed by atoms with Crippen molar-refractivity contribution in [2.45, 2.75) is 6.92 Å². The fraction of sp³-hybridized carbons (Fsp3) is 0.0625. The molecule has 90 valence electrons. The molecule has 3 aromatic rings. The Kier molecular flexibility index (Phi) is 2.70. The van der Waals surface area contributed by atoms with Crippen molar-refractivity contribution in [2.24, 2.45) is 0 Å². The first-order chi connectivity index (χ1) is 9.28. The number of nitriles is 1. The van der Waals surface area contributed by atoms with Crippen LogP contribution in [0.2, 0.25) is 0 Å². The fourth-order valence-electron chi connectivity index (χ4n) is 2.08. The number of aryl methyl sites for hydroxylation is 1. The highest BCUT2D eigenvalue weighted by atomic mass is 14.8. The van der Waals surface area contributed by atoms with Gasteiger partial charge in [0.2, 0.25) is 0 Å². The number of rotatable bonds is 1. The standard InChI is InChI=1S/C16H11N3/c1-11-3-2-8-18-16(11)15-7-5-13-9-12(10-17)4-6-14(13)19-15/h2-9H,1H3.